The lowest BCUT2D eigenvalue weighted by Crippen LogP contribution is -2.46. The molecule has 162 valence electrons. The monoisotopic (exact) mass is 419 g/mol. The molecule has 0 radical (unpaired) electrons. The first-order valence-corrected chi connectivity index (χ1v) is 10.4. The maximum absolute atomic E-state index is 13.5. The van der Waals surface area contributed by atoms with E-state index in [1.807, 2.05) is 29.2 Å². The van der Waals surface area contributed by atoms with E-state index < -0.39 is 12.5 Å². The molecule has 2 atom stereocenters. The van der Waals surface area contributed by atoms with Crippen LogP contribution in [0.3, 0.4) is 0 Å². The molecular weight excluding hydrogens is 392 g/mol. The van der Waals surface area contributed by atoms with Crippen LogP contribution in [0.1, 0.15) is 37.3 Å². The highest BCUT2D eigenvalue weighted by Gasteiger charge is 2.38. The van der Waals surface area contributed by atoms with Gasteiger partial charge in [-0.25, -0.2) is 13.5 Å². The zero-order chi connectivity index (χ0) is 21.1. The number of nitrogens with zero attached hydrogens (tertiary/aromatic N) is 4. The van der Waals surface area contributed by atoms with E-state index in [0.717, 1.165) is 24.2 Å². The number of anilines is 1. The first-order valence-electron chi connectivity index (χ1n) is 10.4. The number of methoxy groups -OCH3 is 1. The van der Waals surface area contributed by atoms with Crippen LogP contribution in [0.4, 0.5) is 14.7 Å². The SMILES string of the molecule is COc1ccccc1CCC(=O)N1CCC([C@@H]2C[C@H](C(F)F)n3ncnc3N2)CC1. The normalized spacial score (nSPS) is 21.9. The molecule has 2 aliphatic rings. The quantitative estimate of drug-likeness (QED) is 0.779. The van der Waals surface area contributed by atoms with E-state index >= 15 is 0 Å². The largest absolute Gasteiger partial charge is 0.496 e. The number of aromatic nitrogens is 3. The molecule has 0 bridgehead atoms. The number of aryl methyl sites for hydroxylation is 1. The third kappa shape index (κ3) is 4.24. The summed E-state index contributed by atoms with van der Waals surface area (Å²) in [6, 6.07) is 6.70. The van der Waals surface area contributed by atoms with Gasteiger partial charge in [0.15, 0.2) is 0 Å². The smallest absolute Gasteiger partial charge is 0.260 e. The van der Waals surface area contributed by atoms with Crippen LogP contribution in [0.5, 0.6) is 5.75 Å². The molecular formula is C21H27F2N5O2. The van der Waals surface area contributed by atoms with E-state index in [4.69, 9.17) is 4.74 Å². The van der Waals surface area contributed by atoms with Crippen LogP contribution in [-0.4, -0.2) is 58.2 Å². The summed E-state index contributed by atoms with van der Waals surface area (Å²) in [5.74, 6) is 1.57. The van der Waals surface area contributed by atoms with Crippen LogP contribution in [0.2, 0.25) is 0 Å². The highest BCUT2D eigenvalue weighted by molar-refractivity contribution is 5.76. The van der Waals surface area contributed by atoms with Gasteiger partial charge in [-0.15, -0.1) is 0 Å². The number of ether oxygens (including phenoxy) is 1. The molecule has 1 amide bonds. The Morgan fingerprint density at radius 1 is 1.30 bits per heavy atom. The molecule has 1 N–H and O–H groups in total. The number of amides is 1. The van der Waals surface area contributed by atoms with Crippen molar-refractivity contribution in [2.75, 3.05) is 25.5 Å². The standard InChI is InChI=1S/C21H27F2N5O2/c1-30-18-5-3-2-4-15(18)6-7-19(29)27-10-8-14(9-11-27)16-12-17(20(22)23)28-21(26-16)24-13-25-28/h2-5,13-14,16-17,20H,6-12H2,1H3,(H,24,25,26)/t16-,17+/m0/s1. The molecule has 1 fully saturated rings. The van der Waals surface area contributed by atoms with Crippen LogP contribution < -0.4 is 10.1 Å². The van der Waals surface area contributed by atoms with E-state index in [-0.39, 0.29) is 17.9 Å². The van der Waals surface area contributed by atoms with Crippen molar-refractivity contribution in [2.45, 2.75) is 50.6 Å². The minimum absolute atomic E-state index is 0.0773. The van der Waals surface area contributed by atoms with Crippen molar-refractivity contribution in [2.24, 2.45) is 5.92 Å². The average Bonchev–Trinajstić information content (AvgIpc) is 3.25. The number of alkyl halides is 2. The zero-order valence-electron chi connectivity index (χ0n) is 17.0. The van der Waals surface area contributed by atoms with Gasteiger partial charge in [-0.05, 0) is 43.2 Å². The summed E-state index contributed by atoms with van der Waals surface area (Å²) in [5.41, 5.74) is 1.02. The summed E-state index contributed by atoms with van der Waals surface area (Å²) in [6.07, 6.45) is 1.81. The van der Waals surface area contributed by atoms with Crippen molar-refractivity contribution in [3.05, 3.63) is 36.2 Å². The molecule has 0 saturated carbocycles. The van der Waals surface area contributed by atoms with Gasteiger partial charge in [0, 0.05) is 25.6 Å². The van der Waals surface area contributed by atoms with Gasteiger partial charge in [0.25, 0.3) is 6.43 Å². The molecule has 1 aromatic heterocycles. The second-order valence-corrected chi connectivity index (χ2v) is 7.95. The Morgan fingerprint density at radius 2 is 2.07 bits per heavy atom. The highest BCUT2D eigenvalue weighted by atomic mass is 19.3. The maximum atomic E-state index is 13.5. The first kappa shape index (κ1) is 20.6. The summed E-state index contributed by atoms with van der Waals surface area (Å²) >= 11 is 0. The predicted molar refractivity (Wildman–Crippen MR) is 108 cm³/mol. The number of hydrogen-bond donors (Lipinski definition) is 1. The van der Waals surface area contributed by atoms with Gasteiger partial charge in [0.05, 0.1) is 7.11 Å². The van der Waals surface area contributed by atoms with Crippen molar-refractivity contribution < 1.29 is 18.3 Å². The molecule has 0 aliphatic carbocycles. The Bertz CT molecular complexity index is 867. The van der Waals surface area contributed by atoms with E-state index in [1.165, 1.54) is 11.0 Å². The number of fused-ring (bicyclic) bond motifs is 1. The van der Waals surface area contributed by atoms with Gasteiger partial charge in [0.1, 0.15) is 18.1 Å². The molecule has 9 heteroatoms. The van der Waals surface area contributed by atoms with Crippen molar-refractivity contribution in [1.82, 2.24) is 19.7 Å². The fourth-order valence-electron chi connectivity index (χ4n) is 4.56. The second-order valence-electron chi connectivity index (χ2n) is 7.95. The Morgan fingerprint density at radius 3 is 2.80 bits per heavy atom. The minimum Gasteiger partial charge on any atom is -0.496 e. The van der Waals surface area contributed by atoms with Crippen LogP contribution >= 0.6 is 0 Å². The molecule has 1 aromatic carbocycles. The van der Waals surface area contributed by atoms with Crippen LogP contribution in [-0.2, 0) is 11.2 Å². The van der Waals surface area contributed by atoms with Crippen LogP contribution in [0.15, 0.2) is 30.6 Å². The first-order chi connectivity index (χ1) is 14.6. The van der Waals surface area contributed by atoms with E-state index in [9.17, 15) is 13.6 Å². The molecule has 2 aliphatic heterocycles. The number of halogens is 2. The highest BCUT2D eigenvalue weighted by Crippen LogP contribution is 2.35. The fourth-order valence-corrected chi connectivity index (χ4v) is 4.56. The third-order valence-corrected chi connectivity index (χ3v) is 6.25. The van der Waals surface area contributed by atoms with E-state index in [2.05, 4.69) is 15.4 Å². The van der Waals surface area contributed by atoms with E-state index in [0.29, 0.717) is 38.3 Å². The summed E-state index contributed by atoms with van der Waals surface area (Å²) in [6.45, 7) is 1.30. The van der Waals surface area contributed by atoms with Gasteiger partial charge in [0.2, 0.25) is 11.9 Å². The topological polar surface area (TPSA) is 72.3 Å². The van der Waals surface area contributed by atoms with E-state index in [1.54, 1.807) is 7.11 Å². The number of piperidine rings is 1. The van der Waals surface area contributed by atoms with Gasteiger partial charge in [-0.1, -0.05) is 18.2 Å². The second kappa shape index (κ2) is 8.97. The number of hydrogen-bond acceptors (Lipinski definition) is 5. The summed E-state index contributed by atoms with van der Waals surface area (Å²) < 4.78 is 33.6. The lowest BCUT2D eigenvalue weighted by molar-refractivity contribution is -0.132. The molecule has 30 heavy (non-hydrogen) atoms. The fraction of sp³-hybridized carbons (Fsp3) is 0.571. The molecule has 2 aromatic rings. The summed E-state index contributed by atoms with van der Waals surface area (Å²) in [4.78, 5) is 18.6. The Hall–Kier alpha value is -2.71. The number of para-hydroxylation sites is 1. The van der Waals surface area contributed by atoms with Gasteiger partial charge < -0.3 is 15.0 Å². The van der Waals surface area contributed by atoms with Crippen LogP contribution in [0.25, 0.3) is 0 Å². The molecule has 3 heterocycles. The predicted octanol–water partition coefficient (Wildman–Crippen LogP) is 3.15. The lowest BCUT2D eigenvalue weighted by atomic mass is 9.85. The van der Waals surface area contributed by atoms with Gasteiger partial charge >= 0.3 is 0 Å². The van der Waals surface area contributed by atoms with Crippen molar-refractivity contribution in [1.29, 1.82) is 0 Å². The third-order valence-electron chi connectivity index (χ3n) is 6.25. The molecule has 0 unspecified atom stereocenters. The molecule has 7 nitrogen and oxygen atoms in total. The number of benzene rings is 1. The Balaban J connectivity index is 1.30. The van der Waals surface area contributed by atoms with Crippen LogP contribution in [0, 0.1) is 5.92 Å². The minimum atomic E-state index is -2.48. The Labute approximate surface area is 174 Å². The summed E-state index contributed by atoms with van der Waals surface area (Å²) in [5, 5.41) is 7.21. The molecule has 1 saturated heterocycles. The number of likely N-dealkylation sites (tertiary alicyclic amines) is 1. The number of rotatable bonds is 6. The van der Waals surface area contributed by atoms with Gasteiger partial charge in [-0.3, -0.25) is 4.79 Å². The number of nitrogens with one attached hydrogen (secondary N) is 1. The zero-order valence-corrected chi connectivity index (χ0v) is 17.0. The average molecular weight is 419 g/mol. The molecule has 4 rings (SSSR count). The number of carbonyl (C=O) groups is 1. The Kier molecular flexibility index (Phi) is 6.15. The van der Waals surface area contributed by atoms with Gasteiger partial charge in [-0.2, -0.15) is 10.1 Å². The number of carbonyl (C=O) groups excluding carboxylic acids is 1. The molecule has 0 spiro atoms. The van der Waals surface area contributed by atoms with Crippen molar-refractivity contribution in [3.8, 4) is 5.75 Å². The van der Waals surface area contributed by atoms with Crippen molar-refractivity contribution in [3.63, 3.8) is 0 Å². The lowest BCUT2D eigenvalue weighted by Gasteiger charge is -2.40. The maximum Gasteiger partial charge on any atom is 0.260 e. The summed E-state index contributed by atoms with van der Waals surface area (Å²) in [7, 11) is 1.63. The van der Waals surface area contributed by atoms with Crippen molar-refractivity contribution >= 4 is 11.9 Å².